The van der Waals surface area contributed by atoms with E-state index in [4.69, 9.17) is 0 Å². The largest absolute Gasteiger partial charge is 0.468 e. The molecule has 16 heavy (non-hydrogen) atoms. The van der Waals surface area contributed by atoms with Gasteiger partial charge in [0.05, 0.1) is 12.5 Å². The van der Waals surface area contributed by atoms with E-state index in [0.717, 1.165) is 0 Å². The summed E-state index contributed by atoms with van der Waals surface area (Å²) < 4.78 is 5.67. The number of esters is 1. The van der Waals surface area contributed by atoms with Gasteiger partial charge in [-0.05, 0) is 12.1 Å². The molecule has 2 aromatic heterocycles. The number of rotatable bonds is 2. The first-order valence-corrected chi connectivity index (χ1v) is 4.59. The summed E-state index contributed by atoms with van der Waals surface area (Å²) in [6.45, 7) is -0.146. The van der Waals surface area contributed by atoms with Crippen molar-refractivity contribution in [2.45, 2.75) is 6.54 Å². The van der Waals surface area contributed by atoms with Crippen molar-refractivity contribution in [2.75, 3.05) is 7.11 Å². The minimum Gasteiger partial charge on any atom is -0.468 e. The minimum atomic E-state index is -0.493. The first-order valence-electron chi connectivity index (χ1n) is 4.59. The predicted molar refractivity (Wildman–Crippen MR) is 55.8 cm³/mol. The van der Waals surface area contributed by atoms with Crippen LogP contribution in [0, 0.1) is 0 Å². The third-order valence-electron chi connectivity index (χ3n) is 2.12. The molecule has 0 bridgehead atoms. The lowest BCUT2D eigenvalue weighted by Gasteiger charge is -2.03. The molecule has 82 valence electrons. The van der Waals surface area contributed by atoms with E-state index in [2.05, 4.69) is 14.7 Å². The van der Waals surface area contributed by atoms with Crippen LogP contribution in [0.5, 0.6) is 0 Å². The van der Waals surface area contributed by atoms with E-state index in [-0.39, 0.29) is 12.1 Å². The van der Waals surface area contributed by atoms with Crippen LogP contribution in [-0.2, 0) is 16.1 Å². The Hall–Kier alpha value is -2.24. The molecule has 0 aliphatic carbocycles. The van der Waals surface area contributed by atoms with Crippen LogP contribution in [0.3, 0.4) is 0 Å². The highest BCUT2D eigenvalue weighted by atomic mass is 16.5. The number of nitrogens with zero attached hydrogens (tertiary/aromatic N) is 3. The summed E-state index contributed by atoms with van der Waals surface area (Å²) in [6, 6.07) is 3.26. The number of carbonyl (C=O) groups excluding carboxylic acids is 1. The minimum absolute atomic E-state index is 0.146. The summed E-state index contributed by atoms with van der Waals surface area (Å²) in [7, 11) is 1.27. The van der Waals surface area contributed by atoms with Gasteiger partial charge >= 0.3 is 5.97 Å². The quantitative estimate of drug-likeness (QED) is 0.663. The first-order chi connectivity index (χ1) is 7.72. The average Bonchev–Trinajstić information content (AvgIpc) is 2.33. The molecule has 6 heteroatoms. The molecular formula is C10H9N3O3. The van der Waals surface area contributed by atoms with Crippen molar-refractivity contribution in [1.29, 1.82) is 0 Å². The Bertz CT molecular complexity index is 591. The van der Waals surface area contributed by atoms with Crippen molar-refractivity contribution in [2.24, 2.45) is 0 Å². The smallest absolute Gasteiger partial charge is 0.325 e. The molecule has 0 aliphatic heterocycles. The molecule has 0 unspecified atom stereocenters. The molecule has 0 saturated heterocycles. The highest BCUT2D eigenvalue weighted by molar-refractivity contribution is 5.73. The van der Waals surface area contributed by atoms with Gasteiger partial charge in [0.15, 0.2) is 5.65 Å². The number of carbonyl (C=O) groups is 1. The molecule has 0 N–H and O–H groups in total. The molecule has 2 heterocycles. The SMILES string of the molecule is COC(=O)Cn1cnc2ncccc2c1=O. The molecule has 2 aromatic rings. The van der Waals surface area contributed by atoms with E-state index >= 15 is 0 Å². The fourth-order valence-corrected chi connectivity index (χ4v) is 1.31. The number of hydrogen-bond acceptors (Lipinski definition) is 5. The van der Waals surface area contributed by atoms with Crippen LogP contribution < -0.4 is 5.56 Å². The zero-order valence-corrected chi connectivity index (χ0v) is 8.58. The maximum Gasteiger partial charge on any atom is 0.325 e. The van der Waals surface area contributed by atoms with E-state index < -0.39 is 5.97 Å². The molecular weight excluding hydrogens is 210 g/mol. The number of fused-ring (bicyclic) bond motifs is 1. The molecule has 0 radical (unpaired) electrons. The molecule has 0 aliphatic rings. The standard InChI is InChI=1S/C10H9N3O3/c1-16-8(14)5-13-6-12-9-7(10(13)15)3-2-4-11-9/h2-4,6H,5H2,1H3. The van der Waals surface area contributed by atoms with Gasteiger partial charge < -0.3 is 4.74 Å². The Balaban J connectivity index is 2.53. The monoisotopic (exact) mass is 219 g/mol. The zero-order valence-electron chi connectivity index (χ0n) is 8.58. The number of hydrogen-bond donors (Lipinski definition) is 0. The number of aromatic nitrogens is 3. The van der Waals surface area contributed by atoms with Crippen molar-refractivity contribution < 1.29 is 9.53 Å². The Morgan fingerprint density at radius 1 is 1.50 bits per heavy atom. The molecule has 0 aromatic carbocycles. The lowest BCUT2D eigenvalue weighted by molar-refractivity contribution is -0.141. The van der Waals surface area contributed by atoms with Gasteiger partial charge in [-0.3, -0.25) is 14.2 Å². The van der Waals surface area contributed by atoms with Gasteiger partial charge in [-0.15, -0.1) is 0 Å². The third kappa shape index (κ3) is 1.77. The van der Waals surface area contributed by atoms with Crippen LogP contribution in [0.15, 0.2) is 29.5 Å². The van der Waals surface area contributed by atoms with E-state index in [1.807, 2.05) is 0 Å². The van der Waals surface area contributed by atoms with Gasteiger partial charge in [0.2, 0.25) is 0 Å². The van der Waals surface area contributed by atoms with Gasteiger partial charge in [-0.2, -0.15) is 0 Å². The molecule has 0 saturated carbocycles. The second-order valence-corrected chi connectivity index (χ2v) is 3.13. The summed E-state index contributed by atoms with van der Waals surface area (Å²) in [4.78, 5) is 30.8. The highest BCUT2D eigenvalue weighted by Gasteiger charge is 2.07. The summed E-state index contributed by atoms with van der Waals surface area (Å²) in [5, 5.41) is 0.383. The maximum absolute atomic E-state index is 11.9. The lowest BCUT2D eigenvalue weighted by atomic mass is 10.3. The molecule has 0 amide bonds. The van der Waals surface area contributed by atoms with Crippen LogP contribution in [0.25, 0.3) is 11.0 Å². The Labute approximate surface area is 90.5 Å². The van der Waals surface area contributed by atoms with E-state index in [1.54, 1.807) is 18.3 Å². The van der Waals surface area contributed by atoms with E-state index in [0.29, 0.717) is 11.0 Å². The number of pyridine rings is 1. The summed E-state index contributed by atoms with van der Waals surface area (Å²) in [5.74, 6) is -0.493. The van der Waals surface area contributed by atoms with E-state index in [1.165, 1.54) is 18.0 Å². The average molecular weight is 219 g/mol. The number of methoxy groups -OCH3 is 1. The normalized spacial score (nSPS) is 10.3. The fourth-order valence-electron chi connectivity index (χ4n) is 1.31. The Kier molecular flexibility index (Phi) is 2.63. The van der Waals surface area contributed by atoms with Crippen LogP contribution in [0.2, 0.25) is 0 Å². The fraction of sp³-hybridized carbons (Fsp3) is 0.200. The predicted octanol–water partition coefficient (Wildman–Crippen LogP) is -0.0355. The zero-order chi connectivity index (χ0) is 11.5. The summed E-state index contributed by atoms with van der Waals surface area (Å²) in [6.07, 6.45) is 2.84. The Morgan fingerprint density at radius 2 is 2.31 bits per heavy atom. The van der Waals surface area contributed by atoms with Crippen molar-refractivity contribution in [3.63, 3.8) is 0 Å². The highest BCUT2D eigenvalue weighted by Crippen LogP contribution is 2.00. The third-order valence-corrected chi connectivity index (χ3v) is 2.12. The van der Waals surface area contributed by atoms with Crippen molar-refractivity contribution in [1.82, 2.24) is 14.5 Å². The topological polar surface area (TPSA) is 74.1 Å². The summed E-state index contributed by atoms with van der Waals surface area (Å²) >= 11 is 0. The van der Waals surface area contributed by atoms with Gasteiger partial charge in [-0.1, -0.05) is 0 Å². The van der Waals surface area contributed by atoms with Crippen LogP contribution in [-0.4, -0.2) is 27.6 Å². The second kappa shape index (κ2) is 4.09. The van der Waals surface area contributed by atoms with Gasteiger partial charge in [0, 0.05) is 6.20 Å². The summed E-state index contributed by atoms with van der Waals surface area (Å²) in [5.41, 5.74) is 0.0668. The van der Waals surface area contributed by atoms with Crippen LogP contribution in [0.1, 0.15) is 0 Å². The Morgan fingerprint density at radius 3 is 3.06 bits per heavy atom. The van der Waals surface area contributed by atoms with Crippen LogP contribution >= 0.6 is 0 Å². The van der Waals surface area contributed by atoms with E-state index in [9.17, 15) is 9.59 Å². The molecule has 6 nitrogen and oxygen atoms in total. The molecule has 0 spiro atoms. The number of ether oxygens (including phenoxy) is 1. The van der Waals surface area contributed by atoms with Crippen molar-refractivity contribution in [3.05, 3.63) is 35.0 Å². The van der Waals surface area contributed by atoms with Crippen molar-refractivity contribution >= 4 is 17.0 Å². The van der Waals surface area contributed by atoms with Gasteiger partial charge in [0.25, 0.3) is 5.56 Å². The lowest BCUT2D eigenvalue weighted by Crippen LogP contribution is -2.25. The first kappa shape index (κ1) is 10.3. The molecule has 0 atom stereocenters. The van der Waals surface area contributed by atoms with Crippen LogP contribution in [0.4, 0.5) is 0 Å². The molecule has 2 rings (SSSR count). The van der Waals surface area contributed by atoms with Gasteiger partial charge in [0.1, 0.15) is 12.9 Å². The second-order valence-electron chi connectivity index (χ2n) is 3.13. The maximum atomic E-state index is 11.9. The molecule has 0 fully saturated rings. The van der Waals surface area contributed by atoms with Crippen molar-refractivity contribution in [3.8, 4) is 0 Å². The van der Waals surface area contributed by atoms with Gasteiger partial charge in [-0.25, -0.2) is 9.97 Å².